The van der Waals surface area contributed by atoms with E-state index in [4.69, 9.17) is 24.7 Å². The first kappa shape index (κ1) is 29.4. The molecule has 2 fully saturated rings. The molecule has 17 heteroatoms. The van der Waals surface area contributed by atoms with Gasteiger partial charge in [0.2, 0.25) is 18.1 Å². The molecular weight excluding hydrogens is 538 g/mol. The van der Waals surface area contributed by atoms with Crippen molar-refractivity contribution >= 4 is 17.7 Å². The van der Waals surface area contributed by atoms with E-state index in [1.165, 1.54) is 7.11 Å². The second-order valence-electron chi connectivity index (χ2n) is 9.47. The third kappa shape index (κ3) is 6.08. The Morgan fingerprint density at radius 3 is 2.62 bits per heavy atom. The van der Waals surface area contributed by atoms with Gasteiger partial charge >= 0.3 is 5.69 Å². The summed E-state index contributed by atoms with van der Waals surface area (Å²) in [6.45, 7) is 0.470. The standard InChI is InChI=1S/C23H31N5O12/c1-37-15-14(32)21(28-7-5-12(30)27-23(28)36)39-16(15)17(18(24)33)40-22-13(31)10(29)8-11(38-22)20(35)26-9-4-2-3-6-25-19(9)34/h5,7-10,13-17,21-22,29,31-32H,2-4,6H2,1H3,(H2,24,33)(H,25,34)(H,26,35)(H,27,30,36)/t9-,10-,13-,14+,15-,16-,17-,21+,22-/m0/s1. The maximum Gasteiger partial charge on any atom is 0.330 e. The monoisotopic (exact) mass is 569 g/mol. The number of aliphatic hydroxyl groups excluding tert-OH is 3. The average Bonchev–Trinajstić information content (AvgIpc) is 3.08. The molecule has 40 heavy (non-hydrogen) atoms. The quantitative estimate of drug-likeness (QED) is 0.156. The molecule has 0 aliphatic carbocycles. The lowest BCUT2D eigenvalue weighted by Gasteiger charge is -2.35. The number of aromatic amines is 1. The first-order valence-corrected chi connectivity index (χ1v) is 12.5. The number of hydrogen-bond donors (Lipinski definition) is 7. The van der Waals surface area contributed by atoms with E-state index in [0.717, 1.165) is 29.3 Å². The summed E-state index contributed by atoms with van der Waals surface area (Å²) in [5, 5.41) is 36.8. The summed E-state index contributed by atoms with van der Waals surface area (Å²) in [5.41, 5.74) is 3.91. The van der Waals surface area contributed by atoms with Crippen LogP contribution in [-0.2, 0) is 33.3 Å². The number of amides is 3. The van der Waals surface area contributed by atoms with E-state index in [-0.39, 0.29) is 5.91 Å². The van der Waals surface area contributed by atoms with E-state index in [1.54, 1.807) is 0 Å². The average molecular weight is 570 g/mol. The van der Waals surface area contributed by atoms with Gasteiger partial charge in [-0.2, -0.15) is 0 Å². The topological polar surface area (TPSA) is 254 Å². The molecule has 4 heterocycles. The Balaban J connectivity index is 1.52. The van der Waals surface area contributed by atoms with Crippen molar-refractivity contribution in [3.8, 4) is 0 Å². The van der Waals surface area contributed by atoms with Gasteiger partial charge in [0.05, 0.1) is 0 Å². The molecule has 8 N–H and O–H groups in total. The first-order chi connectivity index (χ1) is 19.0. The normalized spacial score (nSPS) is 33.2. The highest BCUT2D eigenvalue weighted by Gasteiger charge is 2.52. The zero-order valence-electron chi connectivity index (χ0n) is 21.3. The Kier molecular flexibility index (Phi) is 9.02. The van der Waals surface area contributed by atoms with Crippen LogP contribution in [0.5, 0.6) is 0 Å². The lowest BCUT2D eigenvalue weighted by atomic mass is 10.0. The zero-order valence-corrected chi connectivity index (χ0v) is 21.3. The number of nitrogens with zero attached hydrogens (tertiary/aromatic N) is 1. The number of aromatic nitrogens is 2. The highest BCUT2D eigenvalue weighted by atomic mass is 16.7. The van der Waals surface area contributed by atoms with Crippen LogP contribution >= 0.6 is 0 Å². The van der Waals surface area contributed by atoms with Gasteiger partial charge in [0.1, 0.15) is 36.6 Å². The van der Waals surface area contributed by atoms with Gasteiger partial charge in [-0.3, -0.25) is 28.7 Å². The second-order valence-corrected chi connectivity index (χ2v) is 9.47. The molecule has 220 valence electrons. The maximum atomic E-state index is 12.8. The summed E-state index contributed by atoms with van der Waals surface area (Å²) in [6.07, 6.45) is -9.13. The van der Waals surface area contributed by atoms with Gasteiger partial charge < -0.3 is 50.6 Å². The summed E-state index contributed by atoms with van der Waals surface area (Å²) < 4.78 is 22.9. The molecule has 0 unspecified atom stereocenters. The molecule has 0 spiro atoms. The van der Waals surface area contributed by atoms with Gasteiger partial charge in [-0.1, -0.05) is 0 Å². The smallest absolute Gasteiger partial charge is 0.330 e. The van der Waals surface area contributed by atoms with E-state index in [2.05, 4.69) is 10.6 Å². The number of nitrogens with one attached hydrogen (secondary N) is 3. The molecule has 0 aromatic carbocycles. The van der Waals surface area contributed by atoms with Crippen molar-refractivity contribution in [1.82, 2.24) is 20.2 Å². The molecule has 3 aliphatic heterocycles. The van der Waals surface area contributed by atoms with E-state index in [0.29, 0.717) is 19.4 Å². The summed E-state index contributed by atoms with van der Waals surface area (Å²) in [4.78, 5) is 63.2. The fourth-order valence-electron chi connectivity index (χ4n) is 4.69. The van der Waals surface area contributed by atoms with Crippen molar-refractivity contribution in [3.63, 3.8) is 0 Å². The van der Waals surface area contributed by atoms with Crippen molar-refractivity contribution in [2.24, 2.45) is 5.73 Å². The Bertz CT molecular complexity index is 1260. The molecule has 17 nitrogen and oxygen atoms in total. The van der Waals surface area contributed by atoms with Gasteiger partial charge in [-0.15, -0.1) is 0 Å². The Labute approximate surface area is 225 Å². The second kappa shape index (κ2) is 12.3. The van der Waals surface area contributed by atoms with Gasteiger partial charge in [-0.25, -0.2) is 4.79 Å². The van der Waals surface area contributed by atoms with E-state index in [1.807, 2.05) is 4.98 Å². The van der Waals surface area contributed by atoms with Crippen LogP contribution in [0.25, 0.3) is 0 Å². The predicted octanol–water partition coefficient (Wildman–Crippen LogP) is -4.57. The van der Waals surface area contributed by atoms with Crippen molar-refractivity contribution in [3.05, 3.63) is 44.9 Å². The van der Waals surface area contributed by atoms with Crippen LogP contribution in [0.1, 0.15) is 25.5 Å². The van der Waals surface area contributed by atoms with Crippen molar-refractivity contribution in [2.45, 2.75) is 74.4 Å². The SMILES string of the molecule is CO[C@H]1[C@@H](O)[C@H](n2ccc(=O)[nH]c2=O)O[C@@H]1[C@H](O[C@@H]1OC(C(=O)N[C@H]2CCCCNC2=O)=C[C@H](O)[C@@H]1O)C(N)=O. The predicted molar refractivity (Wildman–Crippen MR) is 130 cm³/mol. The van der Waals surface area contributed by atoms with Gasteiger partial charge in [0, 0.05) is 25.9 Å². The zero-order chi connectivity index (χ0) is 29.1. The number of methoxy groups -OCH3 is 1. The molecule has 0 radical (unpaired) electrons. The number of hydrogen-bond acceptors (Lipinski definition) is 12. The minimum absolute atomic E-state index is 0.374. The van der Waals surface area contributed by atoms with Crippen molar-refractivity contribution in [1.29, 1.82) is 0 Å². The Morgan fingerprint density at radius 1 is 1.20 bits per heavy atom. The van der Waals surface area contributed by atoms with E-state index >= 15 is 0 Å². The third-order valence-corrected chi connectivity index (χ3v) is 6.76. The van der Waals surface area contributed by atoms with Crippen LogP contribution < -0.4 is 27.6 Å². The lowest BCUT2D eigenvalue weighted by molar-refractivity contribution is -0.241. The molecule has 2 saturated heterocycles. The van der Waals surface area contributed by atoms with Crippen LogP contribution in [0.4, 0.5) is 0 Å². The van der Waals surface area contributed by atoms with Crippen molar-refractivity contribution in [2.75, 3.05) is 13.7 Å². The van der Waals surface area contributed by atoms with Crippen LogP contribution in [0.2, 0.25) is 0 Å². The Hall–Kier alpha value is -3.61. The highest BCUT2D eigenvalue weighted by Crippen LogP contribution is 2.34. The molecule has 1 aromatic rings. The summed E-state index contributed by atoms with van der Waals surface area (Å²) in [6, 6.07) is 0.158. The molecule has 9 atom stereocenters. The van der Waals surface area contributed by atoms with E-state index in [9.17, 15) is 39.3 Å². The van der Waals surface area contributed by atoms with Crippen LogP contribution in [-0.4, -0.2) is 105 Å². The van der Waals surface area contributed by atoms with Gasteiger partial charge in [0.15, 0.2) is 18.1 Å². The van der Waals surface area contributed by atoms with Crippen LogP contribution in [0.3, 0.4) is 0 Å². The fraction of sp³-hybridized carbons (Fsp3) is 0.609. The first-order valence-electron chi connectivity index (χ1n) is 12.5. The Morgan fingerprint density at radius 2 is 1.95 bits per heavy atom. The van der Waals surface area contributed by atoms with Crippen molar-refractivity contribution < 1.29 is 48.7 Å². The molecule has 1 aromatic heterocycles. The number of ether oxygens (including phenoxy) is 4. The lowest BCUT2D eigenvalue weighted by Crippen LogP contribution is -2.54. The summed E-state index contributed by atoms with van der Waals surface area (Å²) in [5.74, 6) is -2.91. The molecule has 3 amide bonds. The number of rotatable bonds is 8. The van der Waals surface area contributed by atoms with Crippen LogP contribution in [0, 0.1) is 0 Å². The number of H-pyrrole nitrogens is 1. The number of aliphatic hydroxyl groups is 3. The molecule has 4 rings (SSSR count). The minimum atomic E-state index is -1.84. The van der Waals surface area contributed by atoms with Crippen LogP contribution in [0.15, 0.2) is 33.7 Å². The molecule has 0 saturated carbocycles. The number of primary amides is 1. The molecular formula is C23H31N5O12. The summed E-state index contributed by atoms with van der Waals surface area (Å²) >= 11 is 0. The number of carbonyl (C=O) groups is 3. The fourth-order valence-corrected chi connectivity index (χ4v) is 4.69. The highest BCUT2D eigenvalue weighted by molar-refractivity contribution is 5.95. The number of carbonyl (C=O) groups excluding carboxylic acids is 3. The summed E-state index contributed by atoms with van der Waals surface area (Å²) in [7, 11) is 1.19. The maximum absolute atomic E-state index is 12.8. The molecule has 3 aliphatic rings. The largest absolute Gasteiger partial charge is 0.456 e. The third-order valence-electron chi connectivity index (χ3n) is 6.76. The minimum Gasteiger partial charge on any atom is -0.456 e. The van der Waals surface area contributed by atoms with E-state index < -0.39 is 84.0 Å². The van der Waals surface area contributed by atoms with Gasteiger partial charge in [-0.05, 0) is 25.3 Å². The number of nitrogens with two attached hydrogens (primary N) is 1. The van der Waals surface area contributed by atoms with Gasteiger partial charge in [0.25, 0.3) is 11.5 Å². The molecule has 0 bridgehead atoms.